The molecule has 1 heterocycles. The summed E-state index contributed by atoms with van der Waals surface area (Å²) in [7, 11) is 0. The van der Waals surface area contributed by atoms with E-state index >= 15 is 0 Å². The molecule has 142 valence electrons. The quantitative estimate of drug-likeness (QED) is 0.670. The van der Waals surface area contributed by atoms with Gasteiger partial charge in [-0.25, -0.2) is 0 Å². The molecule has 0 bridgehead atoms. The van der Waals surface area contributed by atoms with Crippen LogP contribution in [0.15, 0.2) is 72.9 Å². The highest BCUT2D eigenvalue weighted by Gasteiger charge is 2.20. The van der Waals surface area contributed by atoms with Gasteiger partial charge in [0, 0.05) is 16.8 Å². The Morgan fingerprint density at radius 3 is 2.39 bits per heavy atom. The summed E-state index contributed by atoms with van der Waals surface area (Å²) in [5.41, 5.74) is 1.40. The van der Waals surface area contributed by atoms with Crippen molar-refractivity contribution in [1.29, 1.82) is 0 Å². The van der Waals surface area contributed by atoms with Crippen LogP contribution in [0.2, 0.25) is 5.02 Å². The minimum Gasteiger partial charge on any atom is -0.506 e. The summed E-state index contributed by atoms with van der Waals surface area (Å²) in [5, 5.41) is 13.3. The lowest BCUT2D eigenvalue weighted by atomic mass is 10.2. The lowest BCUT2D eigenvalue weighted by Crippen LogP contribution is -2.40. The number of hydrogen-bond donors (Lipinski definition) is 2. The van der Waals surface area contributed by atoms with E-state index in [1.165, 1.54) is 11.0 Å². The number of phenolic OH excluding ortho intramolecular Hbond substituents is 1. The number of benzene rings is 2. The molecule has 1 aromatic heterocycles. The first-order valence-electron chi connectivity index (χ1n) is 8.56. The smallest absolute Gasteiger partial charge is 0.251 e. The third kappa shape index (κ3) is 4.86. The van der Waals surface area contributed by atoms with Crippen LogP contribution >= 0.6 is 11.6 Å². The van der Waals surface area contributed by atoms with Gasteiger partial charge < -0.3 is 15.3 Å². The summed E-state index contributed by atoms with van der Waals surface area (Å²) in [5.74, 6) is -0.801. The number of rotatable bonds is 6. The third-order valence-corrected chi connectivity index (χ3v) is 4.28. The Balaban J connectivity index is 1.75. The maximum Gasteiger partial charge on any atom is 0.251 e. The predicted molar refractivity (Wildman–Crippen MR) is 107 cm³/mol. The molecule has 0 aliphatic rings. The van der Waals surface area contributed by atoms with Gasteiger partial charge in [-0.05, 0) is 48.5 Å². The van der Waals surface area contributed by atoms with Gasteiger partial charge in [-0.2, -0.15) is 0 Å². The molecular formula is C21H18ClN3O3. The fourth-order valence-corrected chi connectivity index (χ4v) is 2.73. The minimum atomic E-state index is -0.389. The number of anilines is 1. The van der Waals surface area contributed by atoms with Crippen LogP contribution in [0.1, 0.15) is 16.1 Å². The summed E-state index contributed by atoms with van der Waals surface area (Å²) in [6, 6.07) is 18.3. The van der Waals surface area contributed by atoms with E-state index in [1.54, 1.807) is 60.8 Å². The number of aromatic hydroxyl groups is 1. The maximum absolute atomic E-state index is 12.8. The van der Waals surface area contributed by atoms with Crippen molar-refractivity contribution in [1.82, 2.24) is 10.3 Å². The van der Waals surface area contributed by atoms with Gasteiger partial charge in [-0.3, -0.25) is 14.6 Å². The zero-order chi connectivity index (χ0) is 19.9. The van der Waals surface area contributed by atoms with Crippen molar-refractivity contribution in [2.75, 3.05) is 11.4 Å². The van der Waals surface area contributed by atoms with Crippen LogP contribution in [0.25, 0.3) is 0 Å². The monoisotopic (exact) mass is 395 g/mol. The molecular weight excluding hydrogens is 378 g/mol. The molecule has 2 aromatic carbocycles. The fraction of sp³-hybridized carbons (Fsp3) is 0.0952. The van der Waals surface area contributed by atoms with Gasteiger partial charge in [0.25, 0.3) is 5.91 Å². The molecule has 0 unspecified atom stereocenters. The first kappa shape index (κ1) is 19.4. The number of aromatic nitrogens is 1. The Kier molecular flexibility index (Phi) is 6.24. The lowest BCUT2D eigenvalue weighted by molar-refractivity contribution is -0.117. The van der Waals surface area contributed by atoms with Gasteiger partial charge in [0.15, 0.2) is 0 Å². The highest BCUT2D eigenvalue weighted by molar-refractivity contribution is 6.30. The van der Waals surface area contributed by atoms with E-state index in [4.69, 9.17) is 11.6 Å². The lowest BCUT2D eigenvalue weighted by Gasteiger charge is -2.23. The van der Waals surface area contributed by atoms with Crippen molar-refractivity contribution in [3.05, 3.63) is 89.2 Å². The number of halogens is 1. The van der Waals surface area contributed by atoms with Crippen LogP contribution in [-0.4, -0.2) is 28.4 Å². The van der Waals surface area contributed by atoms with Crippen LogP contribution in [0.4, 0.5) is 5.69 Å². The Morgan fingerprint density at radius 2 is 1.71 bits per heavy atom. The molecule has 3 rings (SSSR count). The minimum absolute atomic E-state index is 0.0317. The molecule has 0 spiro atoms. The van der Waals surface area contributed by atoms with Crippen molar-refractivity contribution in [3.8, 4) is 5.75 Å². The summed E-state index contributed by atoms with van der Waals surface area (Å²) < 4.78 is 0. The summed E-state index contributed by atoms with van der Waals surface area (Å²) in [4.78, 5) is 30.7. The van der Waals surface area contributed by atoms with Gasteiger partial charge >= 0.3 is 0 Å². The summed E-state index contributed by atoms with van der Waals surface area (Å²) in [6.07, 6.45) is 1.63. The Bertz CT molecular complexity index is 962. The molecule has 0 fully saturated rings. The van der Waals surface area contributed by atoms with Gasteiger partial charge in [-0.1, -0.05) is 29.8 Å². The summed E-state index contributed by atoms with van der Waals surface area (Å²) in [6.45, 7) is -0.0727. The van der Waals surface area contributed by atoms with Gasteiger partial charge in [0.2, 0.25) is 5.91 Å². The van der Waals surface area contributed by atoms with Crippen molar-refractivity contribution >= 4 is 29.1 Å². The first-order chi connectivity index (χ1) is 13.5. The van der Waals surface area contributed by atoms with Crippen molar-refractivity contribution in [2.24, 2.45) is 0 Å². The molecule has 0 saturated carbocycles. The Labute approximate surface area is 167 Å². The number of carbonyl (C=O) groups is 2. The number of nitrogens with one attached hydrogen (secondary N) is 1. The van der Waals surface area contributed by atoms with Crippen LogP contribution in [0.5, 0.6) is 5.75 Å². The molecule has 28 heavy (non-hydrogen) atoms. The van der Waals surface area contributed by atoms with Crippen molar-refractivity contribution < 1.29 is 14.7 Å². The molecule has 0 atom stereocenters. The van der Waals surface area contributed by atoms with Gasteiger partial charge in [0.1, 0.15) is 5.75 Å². The zero-order valence-corrected chi connectivity index (χ0v) is 15.6. The number of para-hydroxylation sites is 2. The van der Waals surface area contributed by atoms with E-state index in [0.717, 1.165) is 0 Å². The van der Waals surface area contributed by atoms with E-state index in [9.17, 15) is 14.7 Å². The van der Waals surface area contributed by atoms with Gasteiger partial charge in [-0.15, -0.1) is 0 Å². The average molecular weight is 396 g/mol. The molecule has 0 saturated heterocycles. The third-order valence-electron chi connectivity index (χ3n) is 4.03. The fourth-order valence-electron chi connectivity index (χ4n) is 2.61. The topological polar surface area (TPSA) is 82.5 Å². The number of hydrogen-bond acceptors (Lipinski definition) is 4. The molecule has 2 N–H and O–H groups in total. The molecule has 0 aliphatic carbocycles. The number of pyridine rings is 1. The van der Waals surface area contributed by atoms with Crippen LogP contribution in [0.3, 0.4) is 0 Å². The van der Waals surface area contributed by atoms with E-state index < -0.39 is 0 Å². The second-order valence-corrected chi connectivity index (χ2v) is 6.42. The molecule has 7 heteroatoms. The number of nitrogens with zero attached hydrogens (tertiary/aromatic N) is 2. The molecule has 0 aliphatic heterocycles. The van der Waals surface area contributed by atoms with Gasteiger partial charge in [0.05, 0.1) is 24.5 Å². The average Bonchev–Trinajstić information content (AvgIpc) is 2.72. The van der Waals surface area contributed by atoms with Crippen molar-refractivity contribution in [2.45, 2.75) is 6.54 Å². The van der Waals surface area contributed by atoms with Crippen molar-refractivity contribution in [3.63, 3.8) is 0 Å². The second kappa shape index (κ2) is 9.01. The summed E-state index contributed by atoms with van der Waals surface area (Å²) >= 11 is 5.82. The molecule has 2 amide bonds. The largest absolute Gasteiger partial charge is 0.506 e. The predicted octanol–water partition coefficient (Wildman–Crippen LogP) is 3.40. The highest BCUT2D eigenvalue weighted by atomic mass is 35.5. The van der Waals surface area contributed by atoms with E-state index in [1.807, 2.05) is 6.07 Å². The SMILES string of the molecule is O=C(NCC(=O)N(Cc1ccccn1)c1ccccc1O)c1ccc(Cl)cc1. The molecule has 3 aromatic rings. The maximum atomic E-state index is 12.8. The van der Waals surface area contributed by atoms with Crippen LogP contribution < -0.4 is 10.2 Å². The molecule has 0 radical (unpaired) electrons. The first-order valence-corrected chi connectivity index (χ1v) is 8.94. The van der Waals surface area contributed by atoms with E-state index in [0.29, 0.717) is 22.0 Å². The molecule has 6 nitrogen and oxygen atoms in total. The van der Waals surface area contributed by atoms with Crippen LogP contribution in [0, 0.1) is 0 Å². The highest BCUT2D eigenvalue weighted by Crippen LogP contribution is 2.27. The number of phenols is 1. The second-order valence-electron chi connectivity index (χ2n) is 5.98. The normalized spacial score (nSPS) is 10.3. The zero-order valence-electron chi connectivity index (χ0n) is 14.9. The standard InChI is InChI=1S/C21H18ClN3O3/c22-16-10-8-15(9-11-16)21(28)24-13-20(27)25(14-17-5-3-4-12-23-17)18-6-1-2-7-19(18)26/h1-12,26H,13-14H2,(H,24,28). The number of amides is 2. The Morgan fingerprint density at radius 1 is 1.00 bits per heavy atom. The van der Waals surface area contributed by atoms with E-state index in [2.05, 4.69) is 10.3 Å². The van der Waals surface area contributed by atoms with E-state index in [-0.39, 0.29) is 30.7 Å². The van der Waals surface area contributed by atoms with Crippen LogP contribution in [-0.2, 0) is 11.3 Å². The Hall–Kier alpha value is -3.38. The number of carbonyl (C=O) groups excluding carboxylic acids is 2.